The van der Waals surface area contributed by atoms with Crippen molar-refractivity contribution in [3.8, 4) is 17.2 Å². The number of furan rings is 1. The van der Waals surface area contributed by atoms with Gasteiger partial charge in [0.15, 0.2) is 11.5 Å². The van der Waals surface area contributed by atoms with Crippen LogP contribution in [0.1, 0.15) is 28.6 Å². The monoisotopic (exact) mass is 354 g/mol. The van der Waals surface area contributed by atoms with Gasteiger partial charge in [0.2, 0.25) is 5.75 Å². The van der Waals surface area contributed by atoms with Gasteiger partial charge in [-0.25, -0.2) is 0 Å². The molecule has 1 heterocycles. The third-order valence-electron chi connectivity index (χ3n) is 3.38. The van der Waals surface area contributed by atoms with Crippen LogP contribution in [0, 0.1) is 0 Å². The number of alkyl halides is 1. The van der Waals surface area contributed by atoms with Crippen molar-refractivity contribution in [2.75, 3.05) is 21.3 Å². The first-order valence-corrected chi connectivity index (χ1v) is 7.58. The van der Waals surface area contributed by atoms with Crippen LogP contribution in [0.4, 0.5) is 0 Å². The smallest absolute Gasteiger partial charge is 0.203 e. The molecule has 0 spiro atoms. The molecule has 2 aromatic rings. The highest BCUT2D eigenvalue weighted by Crippen LogP contribution is 2.46. The van der Waals surface area contributed by atoms with E-state index in [1.54, 1.807) is 27.6 Å². The summed E-state index contributed by atoms with van der Waals surface area (Å²) in [6.07, 6.45) is 2.54. The summed E-state index contributed by atoms with van der Waals surface area (Å²) in [6, 6.07) is 5.80. The predicted molar refractivity (Wildman–Crippen MR) is 85.0 cm³/mol. The fourth-order valence-electron chi connectivity index (χ4n) is 2.36. The van der Waals surface area contributed by atoms with Crippen molar-refractivity contribution >= 4 is 15.9 Å². The van der Waals surface area contributed by atoms with E-state index in [2.05, 4.69) is 22.9 Å². The lowest BCUT2D eigenvalue weighted by Gasteiger charge is -2.18. The fraction of sp³-hybridized carbons (Fsp3) is 0.375. The lowest BCUT2D eigenvalue weighted by atomic mass is 10.0. The second-order valence-corrected chi connectivity index (χ2v) is 5.35. The van der Waals surface area contributed by atoms with E-state index in [0.717, 1.165) is 23.3 Å². The van der Waals surface area contributed by atoms with Crippen molar-refractivity contribution in [1.82, 2.24) is 0 Å². The largest absolute Gasteiger partial charge is 0.493 e. The van der Waals surface area contributed by atoms with Gasteiger partial charge >= 0.3 is 0 Å². The Morgan fingerprint density at radius 2 is 1.71 bits per heavy atom. The number of aryl methyl sites for hydroxylation is 1. The molecule has 0 saturated carbocycles. The molecule has 0 amide bonds. The van der Waals surface area contributed by atoms with Gasteiger partial charge in [-0.15, -0.1) is 0 Å². The van der Waals surface area contributed by atoms with Crippen molar-refractivity contribution in [3.63, 3.8) is 0 Å². The molecule has 0 aliphatic rings. The highest BCUT2D eigenvalue weighted by Gasteiger charge is 2.24. The Morgan fingerprint density at radius 1 is 1.00 bits per heavy atom. The van der Waals surface area contributed by atoms with Crippen molar-refractivity contribution in [2.24, 2.45) is 0 Å². The summed E-state index contributed by atoms with van der Waals surface area (Å²) >= 11 is 3.73. The average Bonchev–Trinajstić information content (AvgIpc) is 3.00. The molecule has 0 radical (unpaired) electrons. The van der Waals surface area contributed by atoms with Gasteiger partial charge < -0.3 is 18.6 Å². The van der Waals surface area contributed by atoms with Crippen LogP contribution >= 0.6 is 15.9 Å². The fourth-order valence-corrected chi connectivity index (χ4v) is 3.12. The molecule has 0 aliphatic heterocycles. The zero-order valence-corrected chi connectivity index (χ0v) is 14.2. The van der Waals surface area contributed by atoms with Gasteiger partial charge in [0.1, 0.15) is 5.76 Å². The molecule has 1 atom stereocenters. The van der Waals surface area contributed by atoms with Gasteiger partial charge in [-0.1, -0.05) is 22.9 Å². The van der Waals surface area contributed by atoms with Crippen molar-refractivity contribution in [2.45, 2.75) is 18.2 Å². The van der Waals surface area contributed by atoms with E-state index in [0.29, 0.717) is 17.2 Å². The number of ether oxygens (including phenoxy) is 3. The number of rotatable bonds is 6. The highest BCUT2D eigenvalue weighted by atomic mass is 79.9. The van der Waals surface area contributed by atoms with Crippen LogP contribution < -0.4 is 14.2 Å². The first-order valence-electron chi connectivity index (χ1n) is 6.67. The first-order chi connectivity index (χ1) is 10.2. The molecule has 1 unspecified atom stereocenters. The Labute approximate surface area is 133 Å². The van der Waals surface area contributed by atoms with Gasteiger partial charge in [-0.05, 0) is 18.2 Å². The molecule has 0 saturated heterocycles. The van der Waals surface area contributed by atoms with Crippen molar-refractivity contribution in [3.05, 3.63) is 41.3 Å². The molecule has 21 heavy (non-hydrogen) atoms. The normalized spacial score (nSPS) is 12.0. The second-order valence-electron chi connectivity index (χ2n) is 4.44. The van der Waals surface area contributed by atoms with Gasteiger partial charge in [-0.3, -0.25) is 0 Å². The molecule has 114 valence electrons. The number of hydrogen-bond donors (Lipinski definition) is 0. The number of hydrogen-bond acceptors (Lipinski definition) is 4. The zero-order chi connectivity index (χ0) is 15.4. The van der Waals surface area contributed by atoms with Crippen LogP contribution in [0.25, 0.3) is 0 Å². The molecular formula is C16H19BrO4. The maximum atomic E-state index is 5.54. The number of methoxy groups -OCH3 is 3. The predicted octanol–water partition coefficient (Wildman–Crippen LogP) is 4.35. The molecule has 1 aromatic carbocycles. The SMILES string of the molecule is CCc1occc1C(Br)c1ccc(OC)c(OC)c1OC. The molecule has 2 rings (SSSR count). The van der Waals surface area contributed by atoms with E-state index >= 15 is 0 Å². The topological polar surface area (TPSA) is 40.8 Å². The van der Waals surface area contributed by atoms with Gasteiger partial charge in [0, 0.05) is 17.5 Å². The summed E-state index contributed by atoms with van der Waals surface area (Å²) in [6.45, 7) is 2.06. The molecule has 5 heteroatoms. The van der Waals surface area contributed by atoms with Crippen LogP contribution in [-0.2, 0) is 6.42 Å². The zero-order valence-electron chi connectivity index (χ0n) is 12.6. The van der Waals surface area contributed by atoms with Crippen LogP contribution in [0.2, 0.25) is 0 Å². The highest BCUT2D eigenvalue weighted by molar-refractivity contribution is 9.09. The van der Waals surface area contributed by atoms with E-state index in [1.165, 1.54) is 0 Å². The summed E-state index contributed by atoms with van der Waals surface area (Å²) < 4.78 is 21.8. The summed E-state index contributed by atoms with van der Waals surface area (Å²) in [4.78, 5) is -0.0408. The van der Waals surface area contributed by atoms with Crippen LogP contribution in [0.3, 0.4) is 0 Å². The molecular weight excluding hydrogens is 336 g/mol. The standard InChI is InChI=1S/C16H19BrO4/c1-5-12-10(8-9-21-12)14(17)11-6-7-13(18-2)16(20-4)15(11)19-3/h6-9,14H,5H2,1-4H3. The summed E-state index contributed by atoms with van der Waals surface area (Å²) in [5, 5.41) is 0. The summed E-state index contributed by atoms with van der Waals surface area (Å²) in [5.74, 6) is 2.83. The molecule has 0 fully saturated rings. The Bertz CT molecular complexity index is 606. The quantitative estimate of drug-likeness (QED) is 0.723. The van der Waals surface area contributed by atoms with Crippen LogP contribution in [-0.4, -0.2) is 21.3 Å². The lowest BCUT2D eigenvalue weighted by Crippen LogP contribution is -2.02. The van der Waals surface area contributed by atoms with Gasteiger partial charge in [-0.2, -0.15) is 0 Å². The van der Waals surface area contributed by atoms with E-state index in [9.17, 15) is 0 Å². The van der Waals surface area contributed by atoms with E-state index < -0.39 is 0 Å². The average molecular weight is 355 g/mol. The minimum absolute atomic E-state index is 0.0408. The lowest BCUT2D eigenvalue weighted by molar-refractivity contribution is 0.322. The van der Waals surface area contributed by atoms with Gasteiger partial charge in [0.25, 0.3) is 0 Å². The Morgan fingerprint density at radius 3 is 2.29 bits per heavy atom. The Hall–Kier alpha value is -1.62. The number of benzene rings is 1. The molecule has 0 bridgehead atoms. The molecule has 0 aliphatic carbocycles. The molecule has 1 aromatic heterocycles. The Kier molecular flexibility index (Phi) is 5.17. The van der Waals surface area contributed by atoms with Crippen LogP contribution in [0.5, 0.6) is 17.2 Å². The molecule has 0 N–H and O–H groups in total. The number of halogens is 1. The second kappa shape index (κ2) is 6.89. The van der Waals surface area contributed by atoms with Crippen molar-refractivity contribution in [1.29, 1.82) is 0 Å². The van der Waals surface area contributed by atoms with Crippen molar-refractivity contribution < 1.29 is 18.6 Å². The van der Waals surface area contributed by atoms with Crippen LogP contribution in [0.15, 0.2) is 28.9 Å². The maximum absolute atomic E-state index is 5.54. The third-order valence-corrected chi connectivity index (χ3v) is 4.37. The third kappa shape index (κ3) is 2.88. The Balaban J connectivity index is 2.53. The van der Waals surface area contributed by atoms with E-state index in [1.807, 2.05) is 18.2 Å². The first kappa shape index (κ1) is 15.8. The van der Waals surface area contributed by atoms with E-state index in [-0.39, 0.29) is 4.83 Å². The maximum Gasteiger partial charge on any atom is 0.203 e. The minimum atomic E-state index is -0.0408. The minimum Gasteiger partial charge on any atom is -0.493 e. The van der Waals surface area contributed by atoms with Gasteiger partial charge in [0.05, 0.1) is 32.4 Å². The summed E-state index contributed by atoms with van der Waals surface area (Å²) in [7, 11) is 4.83. The molecule has 4 nitrogen and oxygen atoms in total. The summed E-state index contributed by atoms with van der Waals surface area (Å²) in [5.41, 5.74) is 2.05. The van der Waals surface area contributed by atoms with E-state index in [4.69, 9.17) is 18.6 Å².